The number of carbonyl (C=O) groups excluding carboxylic acids is 1. The Morgan fingerprint density at radius 3 is 2.66 bits per heavy atom. The van der Waals surface area contributed by atoms with Crippen LogP contribution >= 0.6 is 0 Å². The van der Waals surface area contributed by atoms with Crippen LogP contribution in [0.5, 0.6) is 11.5 Å². The maximum atomic E-state index is 13.1. The number of rotatable bonds is 7. The second kappa shape index (κ2) is 8.91. The Labute approximate surface area is 179 Å². The van der Waals surface area contributed by atoms with Crippen LogP contribution in [-0.2, 0) is 6.61 Å². The first-order valence-corrected chi connectivity index (χ1v) is 9.05. The third-order valence-corrected chi connectivity index (χ3v) is 4.14. The number of hydrazone groups is 1. The molecular formula is C19H15FN8O4. The van der Waals surface area contributed by atoms with Crippen molar-refractivity contribution in [3.8, 4) is 17.3 Å². The average molecular weight is 438 g/mol. The lowest BCUT2D eigenvalue weighted by molar-refractivity contribution is 0.0947. The maximum absolute atomic E-state index is 13.1. The number of ether oxygens (including phenoxy) is 1. The van der Waals surface area contributed by atoms with Crippen molar-refractivity contribution in [1.82, 2.24) is 30.7 Å². The van der Waals surface area contributed by atoms with E-state index in [1.165, 1.54) is 42.6 Å². The molecule has 4 rings (SSSR count). The first-order valence-electron chi connectivity index (χ1n) is 9.05. The zero-order valence-corrected chi connectivity index (χ0v) is 16.2. The number of halogens is 1. The Balaban J connectivity index is 1.56. The monoisotopic (exact) mass is 438 g/mol. The van der Waals surface area contributed by atoms with Crippen molar-refractivity contribution in [3.05, 3.63) is 71.3 Å². The molecule has 0 aliphatic heterocycles. The highest BCUT2D eigenvalue weighted by molar-refractivity contribution is 5.94. The molecule has 0 aliphatic carbocycles. The topological polar surface area (TPSA) is 167 Å². The van der Waals surface area contributed by atoms with Gasteiger partial charge in [-0.1, -0.05) is 5.21 Å². The lowest BCUT2D eigenvalue weighted by Gasteiger charge is -2.08. The van der Waals surface area contributed by atoms with E-state index in [1.54, 1.807) is 12.1 Å². The summed E-state index contributed by atoms with van der Waals surface area (Å²) in [4.78, 5) is 12.7. The summed E-state index contributed by atoms with van der Waals surface area (Å²) in [5.41, 5.74) is 8.77. The Hall–Kier alpha value is -4.81. The van der Waals surface area contributed by atoms with Gasteiger partial charge in [-0.3, -0.25) is 4.79 Å². The number of phenols is 1. The fourth-order valence-electron chi connectivity index (χ4n) is 2.58. The number of amides is 1. The fraction of sp³-hybridized carbons (Fsp3) is 0.0526. The summed E-state index contributed by atoms with van der Waals surface area (Å²) in [6.45, 7) is -0.185. The lowest BCUT2D eigenvalue weighted by Crippen LogP contribution is -2.21. The first kappa shape index (κ1) is 20.5. The maximum Gasteiger partial charge on any atom is 0.293 e. The van der Waals surface area contributed by atoms with Crippen LogP contribution < -0.4 is 15.9 Å². The van der Waals surface area contributed by atoms with E-state index >= 15 is 0 Å². The van der Waals surface area contributed by atoms with Crippen LogP contribution in [0.4, 0.5) is 10.2 Å². The summed E-state index contributed by atoms with van der Waals surface area (Å²) in [6, 6.07) is 11.5. The van der Waals surface area contributed by atoms with E-state index in [-0.39, 0.29) is 35.4 Å². The normalized spacial score (nSPS) is 11.0. The highest BCUT2D eigenvalue weighted by Gasteiger charge is 2.24. The van der Waals surface area contributed by atoms with E-state index in [4.69, 9.17) is 10.5 Å². The Morgan fingerprint density at radius 1 is 1.22 bits per heavy atom. The van der Waals surface area contributed by atoms with Crippen LogP contribution in [0.3, 0.4) is 0 Å². The minimum Gasteiger partial charge on any atom is -0.508 e. The van der Waals surface area contributed by atoms with Crippen molar-refractivity contribution in [2.75, 3.05) is 5.73 Å². The van der Waals surface area contributed by atoms with Crippen LogP contribution in [0.1, 0.15) is 21.7 Å². The van der Waals surface area contributed by atoms with Crippen molar-refractivity contribution in [2.45, 2.75) is 6.61 Å². The number of nitrogens with two attached hydrogens (primary N) is 1. The molecule has 0 saturated heterocycles. The second-order valence-corrected chi connectivity index (χ2v) is 6.30. The zero-order valence-electron chi connectivity index (χ0n) is 16.2. The van der Waals surface area contributed by atoms with E-state index in [0.717, 1.165) is 4.68 Å². The molecule has 0 spiro atoms. The van der Waals surface area contributed by atoms with Crippen LogP contribution in [0.15, 0.2) is 58.3 Å². The smallest absolute Gasteiger partial charge is 0.293 e. The highest BCUT2D eigenvalue weighted by Crippen LogP contribution is 2.19. The quantitative estimate of drug-likeness (QED) is 0.285. The number of carbonyl (C=O) groups is 1. The summed E-state index contributed by atoms with van der Waals surface area (Å²) in [5.74, 6) is -0.703. The van der Waals surface area contributed by atoms with Crippen molar-refractivity contribution in [1.29, 1.82) is 0 Å². The molecule has 0 aliphatic rings. The van der Waals surface area contributed by atoms with Gasteiger partial charge in [-0.25, -0.2) is 14.4 Å². The Kier molecular flexibility index (Phi) is 5.70. The SMILES string of the molecule is Nc1nonc1-n1nnc(C(=O)N/N=C\c2ccc(O)cc2)c1COc1ccc(F)cc1. The van der Waals surface area contributed by atoms with Gasteiger partial charge in [0.1, 0.15) is 29.6 Å². The molecule has 0 fully saturated rings. The predicted octanol–water partition coefficient (Wildman–Crippen LogP) is 1.42. The molecule has 0 unspecified atom stereocenters. The lowest BCUT2D eigenvalue weighted by atomic mass is 10.2. The predicted molar refractivity (Wildman–Crippen MR) is 108 cm³/mol. The van der Waals surface area contributed by atoms with Gasteiger partial charge in [0.2, 0.25) is 11.6 Å². The molecule has 0 bridgehead atoms. The number of aromatic hydroxyl groups is 1. The summed E-state index contributed by atoms with van der Waals surface area (Å²) in [6.07, 6.45) is 1.38. The number of nitrogens with one attached hydrogen (secondary N) is 1. The van der Waals surface area contributed by atoms with Gasteiger partial charge < -0.3 is 15.6 Å². The fourth-order valence-corrected chi connectivity index (χ4v) is 2.58. The molecule has 0 radical (unpaired) electrons. The Morgan fingerprint density at radius 2 is 1.97 bits per heavy atom. The molecule has 2 aromatic heterocycles. The van der Waals surface area contributed by atoms with Crippen LogP contribution in [-0.4, -0.2) is 42.5 Å². The minimum atomic E-state index is -0.681. The zero-order chi connectivity index (χ0) is 22.5. The molecule has 12 nitrogen and oxygen atoms in total. The molecule has 4 aromatic rings. The van der Waals surface area contributed by atoms with E-state index in [9.17, 15) is 14.3 Å². The van der Waals surface area contributed by atoms with E-state index in [0.29, 0.717) is 11.3 Å². The number of anilines is 1. The molecule has 2 heterocycles. The van der Waals surface area contributed by atoms with Gasteiger partial charge in [0, 0.05) is 0 Å². The van der Waals surface area contributed by atoms with Crippen LogP contribution in [0.25, 0.3) is 5.82 Å². The summed E-state index contributed by atoms with van der Waals surface area (Å²) >= 11 is 0. The largest absolute Gasteiger partial charge is 0.508 e. The number of nitrogen functional groups attached to an aromatic ring is 1. The van der Waals surface area contributed by atoms with Gasteiger partial charge in [0.15, 0.2) is 5.69 Å². The molecule has 0 saturated carbocycles. The third-order valence-electron chi connectivity index (χ3n) is 4.14. The third kappa shape index (κ3) is 4.51. The van der Waals surface area contributed by atoms with E-state index < -0.39 is 11.7 Å². The molecule has 162 valence electrons. The van der Waals surface area contributed by atoms with E-state index in [1.807, 2.05) is 0 Å². The number of nitrogens with zero attached hydrogens (tertiary/aromatic N) is 6. The van der Waals surface area contributed by atoms with Crippen molar-refractivity contribution in [2.24, 2.45) is 5.10 Å². The van der Waals surface area contributed by atoms with Gasteiger partial charge in [-0.05, 0) is 64.4 Å². The summed E-state index contributed by atoms with van der Waals surface area (Å²) in [5, 5.41) is 28.1. The number of phenolic OH excluding ortho intramolecular Hbond substituents is 1. The number of benzene rings is 2. The van der Waals surface area contributed by atoms with Gasteiger partial charge in [0.25, 0.3) is 5.91 Å². The summed E-state index contributed by atoms with van der Waals surface area (Å²) in [7, 11) is 0. The van der Waals surface area contributed by atoms with Gasteiger partial charge in [-0.15, -0.1) is 5.10 Å². The second-order valence-electron chi connectivity index (χ2n) is 6.30. The van der Waals surface area contributed by atoms with Crippen LogP contribution in [0, 0.1) is 5.82 Å². The standard InChI is InChI=1S/C19H15FN8O4/c20-12-3-7-14(8-4-12)31-10-15-16(23-27-28(15)18-17(21)25-32-26-18)19(30)24-22-9-11-1-5-13(29)6-2-11/h1-9,29H,10H2,(H2,21,25)(H,24,30)/b22-9-. The number of hydrogen-bond acceptors (Lipinski definition) is 10. The van der Waals surface area contributed by atoms with E-state index in [2.05, 4.69) is 35.8 Å². The number of hydrogen-bond donors (Lipinski definition) is 3. The average Bonchev–Trinajstić information content (AvgIpc) is 3.40. The van der Waals surface area contributed by atoms with Gasteiger partial charge in [-0.2, -0.15) is 9.78 Å². The van der Waals surface area contributed by atoms with Crippen molar-refractivity contribution >= 4 is 17.9 Å². The van der Waals surface area contributed by atoms with Gasteiger partial charge >= 0.3 is 0 Å². The molecule has 2 aromatic carbocycles. The first-order chi connectivity index (χ1) is 15.5. The van der Waals surface area contributed by atoms with Crippen molar-refractivity contribution < 1.29 is 23.7 Å². The molecular weight excluding hydrogens is 423 g/mol. The molecule has 0 atom stereocenters. The minimum absolute atomic E-state index is 0.0156. The molecule has 1 amide bonds. The molecule has 4 N–H and O–H groups in total. The van der Waals surface area contributed by atoms with Gasteiger partial charge in [0.05, 0.1) is 6.21 Å². The van der Waals surface area contributed by atoms with Crippen molar-refractivity contribution in [3.63, 3.8) is 0 Å². The van der Waals surface area contributed by atoms with Crippen LogP contribution in [0.2, 0.25) is 0 Å². The molecule has 13 heteroatoms. The number of aromatic nitrogens is 5. The molecule has 32 heavy (non-hydrogen) atoms. The highest BCUT2D eigenvalue weighted by atomic mass is 19.1. The summed E-state index contributed by atoms with van der Waals surface area (Å²) < 4.78 is 24.5. The Bertz CT molecular complexity index is 1250.